The molecule has 142 valence electrons. The van der Waals surface area contributed by atoms with Gasteiger partial charge in [0.25, 0.3) is 0 Å². The molecule has 8 heteroatoms. The summed E-state index contributed by atoms with van der Waals surface area (Å²) in [6.45, 7) is 3.25. The van der Waals surface area contributed by atoms with E-state index in [4.69, 9.17) is 16.3 Å². The fourth-order valence-corrected chi connectivity index (χ4v) is 3.21. The third-order valence-electron chi connectivity index (χ3n) is 4.65. The third-order valence-corrected chi connectivity index (χ3v) is 4.85. The topological polar surface area (TPSA) is 84.4 Å². The van der Waals surface area contributed by atoms with Gasteiger partial charge in [-0.25, -0.2) is 4.79 Å². The molecular weight excluding hydrogens is 368 g/mol. The number of nitrogens with zero attached hydrogens (tertiary/aromatic N) is 3. The van der Waals surface area contributed by atoms with E-state index in [1.807, 2.05) is 11.8 Å². The molecule has 0 aliphatic carbocycles. The van der Waals surface area contributed by atoms with Crippen molar-refractivity contribution in [2.24, 2.45) is 5.92 Å². The van der Waals surface area contributed by atoms with Crippen molar-refractivity contribution in [1.29, 1.82) is 0 Å². The van der Waals surface area contributed by atoms with Crippen LogP contribution in [0.4, 0.5) is 11.5 Å². The summed E-state index contributed by atoms with van der Waals surface area (Å²) in [5, 5.41) is 11.3. The Morgan fingerprint density at radius 1 is 1.26 bits per heavy atom. The lowest BCUT2D eigenvalue weighted by Crippen LogP contribution is -2.41. The summed E-state index contributed by atoms with van der Waals surface area (Å²) in [6.07, 6.45) is 1.67. The number of ether oxygens (including phenoxy) is 1. The standard InChI is InChI=1S/C19H21ClN4O3/c1-12-5-6-13(19(26)27-2)10-15(12)21-18(25)14-4-3-9-24(11-14)17-8-7-16(20)22-23-17/h5-8,10,14H,3-4,9,11H2,1-2H3,(H,21,25)/t14-/m0/s1. The SMILES string of the molecule is COC(=O)c1ccc(C)c(NC(=O)[C@H]2CCCN(c3ccc(Cl)nn3)C2)c1. The minimum absolute atomic E-state index is 0.0771. The Morgan fingerprint density at radius 3 is 2.78 bits per heavy atom. The second-order valence-corrected chi connectivity index (χ2v) is 6.90. The Morgan fingerprint density at radius 2 is 2.07 bits per heavy atom. The Bertz CT molecular complexity index is 841. The van der Waals surface area contributed by atoms with Gasteiger partial charge in [0, 0.05) is 18.8 Å². The molecule has 0 radical (unpaired) electrons. The predicted molar refractivity (Wildman–Crippen MR) is 103 cm³/mol. The molecule has 0 unspecified atom stereocenters. The Hall–Kier alpha value is -2.67. The maximum Gasteiger partial charge on any atom is 0.337 e. The van der Waals surface area contributed by atoms with Crippen molar-refractivity contribution in [3.05, 3.63) is 46.6 Å². The lowest BCUT2D eigenvalue weighted by Gasteiger charge is -2.32. The number of piperidine rings is 1. The molecule has 1 aliphatic rings. The molecule has 1 atom stereocenters. The highest BCUT2D eigenvalue weighted by molar-refractivity contribution is 6.29. The van der Waals surface area contributed by atoms with Crippen molar-refractivity contribution in [2.45, 2.75) is 19.8 Å². The summed E-state index contributed by atoms with van der Waals surface area (Å²) in [5.41, 5.74) is 1.90. The van der Waals surface area contributed by atoms with Gasteiger partial charge in [-0.05, 0) is 49.6 Å². The molecule has 2 aromatic rings. The van der Waals surface area contributed by atoms with Crippen LogP contribution in [0.3, 0.4) is 0 Å². The van der Waals surface area contributed by atoms with Gasteiger partial charge in [0.1, 0.15) is 0 Å². The number of aromatic nitrogens is 2. The lowest BCUT2D eigenvalue weighted by atomic mass is 9.96. The number of anilines is 2. The smallest absolute Gasteiger partial charge is 0.337 e. The van der Waals surface area contributed by atoms with Crippen LogP contribution in [-0.2, 0) is 9.53 Å². The molecule has 7 nitrogen and oxygen atoms in total. The normalized spacial score (nSPS) is 16.7. The number of nitrogens with one attached hydrogen (secondary N) is 1. The van der Waals surface area contributed by atoms with E-state index in [1.165, 1.54) is 7.11 Å². The quantitative estimate of drug-likeness (QED) is 0.810. The Balaban J connectivity index is 1.70. The van der Waals surface area contributed by atoms with E-state index in [0.29, 0.717) is 28.8 Å². The second-order valence-electron chi connectivity index (χ2n) is 6.51. The number of halogens is 1. The highest BCUT2D eigenvalue weighted by Gasteiger charge is 2.27. The van der Waals surface area contributed by atoms with Crippen molar-refractivity contribution in [1.82, 2.24) is 10.2 Å². The van der Waals surface area contributed by atoms with Crippen molar-refractivity contribution < 1.29 is 14.3 Å². The summed E-state index contributed by atoms with van der Waals surface area (Å²) in [7, 11) is 1.33. The first-order chi connectivity index (χ1) is 13.0. The fraction of sp³-hybridized carbons (Fsp3) is 0.368. The minimum Gasteiger partial charge on any atom is -0.465 e. The fourth-order valence-electron chi connectivity index (χ4n) is 3.11. The first-order valence-corrected chi connectivity index (χ1v) is 9.09. The molecule has 0 spiro atoms. The molecular formula is C19H21ClN4O3. The Kier molecular flexibility index (Phi) is 5.91. The summed E-state index contributed by atoms with van der Waals surface area (Å²) < 4.78 is 4.74. The second kappa shape index (κ2) is 8.35. The van der Waals surface area contributed by atoms with Crippen LogP contribution in [0.1, 0.15) is 28.8 Å². The number of hydrogen-bond acceptors (Lipinski definition) is 6. The molecule has 1 aromatic carbocycles. The number of methoxy groups -OCH3 is 1. The van der Waals surface area contributed by atoms with E-state index in [0.717, 1.165) is 24.9 Å². The number of rotatable bonds is 4. The van der Waals surface area contributed by atoms with Gasteiger partial charge in [-0.15, -0.1) is 10.2 Å². The predicted octanol–water partition coefficient (Wildman–Crippen LogP) is 3.08. The molecule has 3 rings (SSSR count). The maximum absolute atomic E-state index is 12.8. The first kappa shape index (κ1) is 19.1. The zero-order valence-corrected chi connectivity index (χ0v) is 16.0. The van der Waals surface area contributed by atoms with Crippen molar-refractivity contribution >= 4 is 35.0 Å². The molecule has 1 amide bonds. The maximum atomic E-state index is 12.8. The average molecular weight is 389 g/mol. The van der Waals surface area contributed by atoms with Gasteiger partial charge < -0.3 is 15.0 Å². The minimum atomic E-state index is -0.435. The molecule has 1 N–H and O–H groups in total. The molecule has 0 bridgehead atoms. The van der Waals surface area contributed by atoms with E-state index in [1.54, 1.807) is 30.3 Å². The largest absolute Gasteiger partial charge is 0.465 e. The van der Waals surface area contributed by atoms with Crippen molar-refractivity contribution in [3.63, 3.8) is 0 Å². The van der Waals surface area contributed by atoms with Gasteiger partial charge in [-0.2, -0.15) is 0 Å². The highest BCUT2D eigenvalue weighted by atomic mass is 35.5. The van der Waals surface area contributed by atoms with E-state index in [9.17, 15) is 9.59 Å². The number of hydrogen-bond donors (Lipinski definition) is 1. The summed E-state index contributed by atoms with van der Waals surface area (Å²) in [5.74, 6) is 0.0144. The summed E-state index contributed by atoms with van der Waals surface area (Å²) in [6, 6.07) is 8.61. The van der Waals surface area contributed by atoms with Crippen LogP contribution in [0.5, 0.6) is 0 Å². The Labute approximate surface area is 162 Å². The summed E-state index contributed by atoms with van der Waals surface area (Å²) >= 11 is 5.79. The lowest BCUT2D eigenvalue weighted by molar-refractivity contribution is -0.120. The van der Waals surface area contributed by atoms with E-state index < -0.39 is 5.97 Å². The highest BCUT2D eigenvalue weighted by Crippen LogP contribution is 2.24. The summed E-state index contributed by atoms with van der Waals surface area (Å²) in [4.78, 5) is 26.6. The van der Waals surface area contributed by atoms with Crippen LogP contribution in [0, 0.1) is 12.8 Å². The van der Waals surface area contributed by atoms with Crippen LogP contribution < -0.4 is 10.2 Å². The number of aryl methyl sites for hydroxylation is 1. The van der Waals surface area contributed by atoms with Crippen LogP contribution >= 0.6 is 11.6 Å². The van der Waals surface area contributed by atoms with E-state index in [2.05, 4.69) is 15.5 Å². The van der Waals surface area contributed by atoms with E-state index >= 15 is 0 Å². The monoisotopic (exact) mass is 388 g/mol. The average Bonchev–Trinajstić information content (AvgIpc) is 2.69. The number of benzene rings is 1. The van der Waals surface area contributed by atoms with Crippen LogP contribution in [0.2, 0.25) is 5.15 Å². The van der Waals surface area contributed by atoms with Gasteiger partial charge in [0.2, 0.25) is 5.91 Å². The van der Waals surface area contributed by atoms with Gasteiger partial charge in [-0.3, -0.25) is 4.79 Å². The molecule has 1 aliphatic heterocycles. The van der Waals surface area contributed by atoms with Crippen molar-refractivity contribution in [2.75, 3.05) is 30.4 Å². The van der Waals surface area contributed by atoms with E-state index in [-0.39, 0.29) is 11.8 Å². The number of carbonyl (C=O) groups excluding carboxylic acids is 2. The van der Waals surface area contributed by atoms with Crippen LogP contribution in [0.15, 0.2) is 30.3 Å². The third kappa shape index (κ3) is 4.54. The number of amides is 1. The van der Waals surface area contributed by atoms with Gasteiger partial charge in [0.15, 0.2) is 11.0 Å². The van der Waals surface area contributed by atoms with Crippen molar-refractivity contribution in [3.8, 4) is 0 Å². The number of carbonyl (C=O) groups is 2. The van der Waals surface area contributed by atoms with Crippen LogP contribution in [-0.4, -0.2) is 42.3 Å². The van der Waals surface area contributed by atoms with Crippen LogP contribution in [0.25, 0.3) is 0 Å². The van der Waals surface area contributed by atoms with Gasteiger partial charge >= 0.3 is 5.97 Å². The number of esters is 1. The molecule has 2 heterocycles. The van der Waals surface area contributed by atoms with Gasteiger partial charge in [0.05, 0.1) is 18.6 Å². The van der Waals surface area contributed by atoms with Gasteiger partial charge in [-0.1, -0.05) is 17.7 Å². The zero-order chi connectivity index (χ0) is 19.4. The molecule has 1 saturated heterocycles. The molecule has 27 heavy (non-hydrogen) atoms. The molecule has 1 aromatic heterocycles. The first-order valence-electron chi connectivity index (χ1n) is 8.72. The molecule has 1 fully saturated rings. The molecule has 0 saturated carbocycles. The zero-order valence-electron chi connectivity index (χ0n) is 15.2.